The number of nitrogens with zero attached hydrogens (tertiary/aromatic N) is 3. The van der Waals surface area contributed by atoms with E-state index in [4.69, 9.17) is 17.3 Å². The van der Waals surface area contributed by atoms with Crippen LogP contribution < -0.4 is 5.73 Å². The Morgan fingerprint density at radius 2 is 2.17 bits per heavy atom. The van der Waals surface area contributed by atoms with E-state index in [1.807, 2.05) is 0 Å². The molecule has 1 heterocycles. The number of benzene rings is 1. The molecule has 0 bridgehead atoms. The van der Waals surface area contributed by atoms with Gasteiger partial charge in [0.05, 0.1) is 16.8 Å². The van der Waals surface area contributed by atoms with Crippen LogP contribution in [0.25, 0.3) is 5.69 Å². The summed E-state index contributed by atoms with van der Waals surface area (Å²) in [6.45, 7) is 4.20. The molecule has 0 radical (unpaired) electrons. The molecule has 3 N–H and O–H groups in total. The van der Waals surface area contributed by atoms with Gasteiger partial charge in [0.2, 0.25) is 0 Å². The van der Waals surface area contributed by atoms with E-state index in [0.29, 0.717) is 24.4 Å². The molecule has 7 heteroatoms. The first-order valence-corrected chi connectivity index (χ1v) is 8.58. The highest BCUT2D eigenvalue weighted by atomic mass is 35.5. The minimum Gasteiger partial charge on any atom is -0.391 e. The van der Waals surface area contributed by atoms with Crippen LogP contribution in [0.15, 0.2) is 18.2 Å². The second-order valence-electron chi connectivity index (χ2n) is 6.89. The SMILES string of the molecule is CC(C)Cc1nc([C@H]2C[C@@H](N)[C@H](O)C2)n(-c2ccc(F)c(Cl)c2)n1. The number of rotatable bonds is 4. The fraction of sp³-hybridized carbons (Fsp3) is 0.529. The van der Waals surface area contributed by atoms with Crippen LogP contribution in [-0.2, 0) is 6.42 Å². The summed E-state index contributed by atoms with van der Waals surface area (Å²) < 4.78 is 15.2. The topological polar surface area (TPSA) is 77.0 Å². The number of aliphatic hydroxyl groups excluding tert-OH is 1. The molecule has 5 nitrogen and oxygen atoms in total. The summed E-state index contributed by atoms with van der Waals surface area (Å²) in [6.07, 6.45) is 1.41. The van der Waals surface area contributed by atoms with Gasteiger partial charge >= 0.3 is 0 Å². The third-order valence-electron chi connectivity index (χ3n) is 4.36. The van der Waals surface area contributed by atoms with Crippen LogP contribution in [0, 0.1) is 11.7 Å². The highest BCUT2D eigenvalue weighted by molar-refractivity contribution is 6.30. The Bertz CT molecular complexity index is 723. The quantitative estimate of drug-likeness (QED) is 0.887. The molecule has 130 valence electrons. The maximum Gasteiger partial charge on any atom is 0.151 e. The predicted molar refractivity (Wildman–Crippen MR) is 90.8 cm³/mol. The number of hydrogen-bond acceptors (Lipinski definition) is 4. The summed E-state index contributed by atoms with van der Waals surface area (Å²) in [7, 11) is 0. The zero-order chi connectivity index (χ0) is 17.4. The molecule has 1 aromatic heterocycles. The average Bonchev–Trinajstić information content (AvgIpc) is 3.05. The van der Waals surface area contributed by atoms with Crippen molar-refractivity contribution in [2.24, 2.45) is 11.7 Å². The molecule has 0 aliphatic heterocycles. The summed E-state index contributed by atoms with van der Waals surface area (Å²) in [5, 5.41) is 14.6. The maximum atomic E-state index is 13.5. The van der Waals surface area contributed by atoms with Crippen LogP contribution in [0.1, 0.15) is 44.3 Å². The Morgan fingerprint density at radius 3 is 2.75 bits per heavy atom. The van der Waals surface area contributed by atoms with E-state index in [1.54, 1.807) is 16.8 Å². The Morgan fingerprint density at radius 1 is 1.42 bits per heavy atom. The largest absolute Gasteiger partial charge is 0.391 e. The summed E-state index contributed by atoms with van der Waals surface area (Å²) in [4.78, 5) is 4.68. The van der Waals surface area contributed by atoms with E-state index < -0.39 is 11.9 Å². The predicted octanol–water partition coefficient (Wildman–Crippen LogP) is 2.82. The molecule has 24 heavy (non-hydrogen) atoms. The molecule has 1 aromatic carbocycles. The van der Waals surface area contributed by atoms with E-state index in [2.05, 4.69) is 23.9 Å². The van der Waals surface area contributed by atoms with Crippen molar-refractivity contribution in [3.8, 4) is 5.69 Å². The fourth-order valence-electron chi connectivity index (χ4n) is 3.15. The second kappa shape index (κ2) is 6.78. The molecule has 0 saturated heterocycles. The van der Waals surface area contributed by atoms with Gasteiger partial charge in [-0.1, -0.05) is 25.4 Å². The highest BCUT2D eigenvalue weighted by Crippen LogP contribution is 2.34. The van der Waals surface area contributed by atoms with E-state index in [9.17, 15) is 9.50 Å². The Balaban J connectivity index is 2.02. The van der Waals surface area contributed by atoms with Gasteiger partial charge in [0.15, 0.2) is 5.82 Å². The summed E-state index contributed by atoms with van der Waals surface area (Å²) in [5.74, 6) is 1.45. The van der Waals surface area contributed by atoms with E-state index >= 15 is 0 Å². The summed E-state index contributed by atoms with van der Waals surface area (Å²) >= 11 is 5.92. The van der Waals surface area contributed by atoms with Gasteiger partial charge in [0.25, 0.3) is 0 Å². The van der Waals surface area contributed by atoms with Gasteiger partial charge in [-0.25, -0.2) is 14.1 Å². The monoisotopic (exact) mass is 352 g/mol. The third-order valence-corrected chi connectivity index (χ3v) is 4.65. The number of aromatic nitrogens is 3. The van der Waals surface area contributed by atoms with Crippen LogP contribution in [0.2, 0.25) is 5.02 Å². The lowest BCUT2D eigenvalue weighted by Gasteiger charge is -2.11. The molecule has 3 rings (SSSR count). The van der Waals surface area contributed by atoms with Crippen molar-refractivity contribution in [1.82, 2.24) is 14.8 Å². The lowest BCUT2D eigenvalue weighted by atomic mass is 10.1. The van der Waals surface area contributed by atoms with Crippen LogP contribution in [0.4, 0.5) is 4.39 Å². The van der Waals surface area contributed by atoms with Crippen LogP contribution >= 0.6 is 11.6 Å². The minimum atomic E-state index is -0.537. The van der Waals surface area contributed by atoms with Gasteiger partial charge in [0, 0.05) is 18.4 Å². The lowest BCUT2D eigenvalue weighted by molar-refractivity contribution is 0.163. The molecule has 0 spiro atoms. The minimum absolute atomic E-state index is 0.0206. The molecule has 1 aliphatic rings. The van der Waals surface area contributed by atoms with Gasteiger partial charge in [-0.05, 0) is 37.0 Å². The first-order chi connectivity index (χ1) is 11.3. The van der Waals surface area contributed by atoms with E-state index in [0.717, 1.165) is 18.1 Å². The highest BCUT2D eigenvalue weighted by Gasteiger charge is 2.35. The van der Waals surface area contributed by atoms with Crippen molar-refractivity contribution in [3.05, 3.63) is 40.7 Å². The van der Waals surface area contributed by atoms with Crippen LogP contribution in [-0.4, -0.2) is 32.0 Å². The van der Waals surface area contributed by atoms with Crippen molar-refractivity contribution in [2.45, 2.75) is 51.2 Å². The maximum absolute atomic E-state index is 13.5. The molecule has 1 saturated carbocycles. The first-order valence-electron chi connectivity index (χ1n) is 8.20. The van der Waals surface area contributed by atoms with Crippen LogP contribution in [0.5, 0.6) is 0 Å². The van der Waals surface area contributed by atoms with Gasteiger partial charge in [-0.2, -0.15) is 5.10 Å². The summed E-state index contributed by atoms with van der Waals surface area (Å²) in [5.41, 5.74) is 6.61. The summed E-state index contributed by atoms with van der Waals surface area (Å²) in [6, 6.07) is 4.23. The molecule has 3 atom stereocenters. The Labute approximate surface area is 145 Å². The van der Waals surface area contributed by atoms with Gasteiger partial charge in [0.1, 0.15) is 11.6 Å². The standard InChI is InChI=1S/C17H22ClFN4O/c1-9(2)5-16-21-17(10-6-14(20)15(24)7-10)23(22-16)11-3-4-13(19)12(18)8-11/h3-4,8-10,14-15,24H,5-7,20H2,1-2H3/t10-,14+,15+/m0/s1. The Kier molecular flexibility index (Phi) is 4.90. The molecule has 0 amide bonds. The van der Waals surface area contributed by atoms with Crippen molar-refractivity contribution in [2.75, 3.05) is 0 Å². The van der Waals surface area contributed by atoms with Crippen molar-refractivity contribution in [1.29, 1.82) is 0 Å². The van der Waals surface area contributed by atoms with Gasteiger partial charge in [-0.3, -0.25) is 0 Å². The molecule has 2 aromatic rings. The van der Waals surface area contributed by atoms with Crippen molar-refractivity contribution < 1.29 is 9.50 Å². The number of nitrogens with two attached hydrogens (primary N) is 1. The average molecular weight is 353 g/mol. The second-order valence-corrected chi connectivity index (χ2v) is 7.30. The third kappa shape index (κ3) is 3.45. The fourth-order valence-corrected chi connectivity index (χ4v) is 3.32. The molecular formula is C17H22ClFN4O. The van der Waals surface area contributed by atoms with Crippen molar-refractivity contribution >= 4 is 11.6 Å². The lowest BCUT2D eigenvalue weighted by Crippen LogP contribution is -2.28. The van der Waals surface area contributed by atoms with Gasteiger partial charge in [-0.15, -0.1) is 0 Å². The van der Waals surface area contributed by atoms with Crippen molar-refractivity contribution in [3.63, 3.8) is 0 Å². The zero-order valence-corrected chi connectivity index (χ0v) is 14.5. The first kappa shape index (κ1) is 17.3. The molecule has 1 aliphatic carbocycles. The number of aliphatic hydroxyl groups is 1. The number of halogens is 2. The smallest absolute Gasteiger partial charge is 0.151 e. The normalized spacial score (nSPS) is 24.0. The van der Waals surface area contributed by atoms with Crippen LogP contribution in [0.3, 0.4) is 0 Å². The van der Waals surface area contributed by atoms with E-state index in [1.165, 1.54) is 6.07 Å². The zero-order valence-electron chi connectivity index (χ0n) is 13.8. The Hall–Kier alpha value is -1.50. The van der Waals surface area contributed by atoms with Gasteiger partial charge < -0.3 is 10.8 Å². The molecule has 0 unspecified atom stereocenters. The number of hydrogen-bond donors (Lipinski definition) is 2. The van der Waals surface area contributed by atoms with E-state index in [-0.39, 0.29) is 17.0 Å². The molecule has 1 fully saturated rings. The molecular weight excluding hydrogens is 331 g/mol.